The maximum Gasteiger partial charge on any atom is 0.126 e. The predicted octanol–water partition coefficient (Wildman–Crippen LogP) is 1.96. The van der Waals surface area contributed by atoms with Crippen LogP contribution in [0.15, 0.2) is 24.8 Å². The largest absolute Gasteiger partial charge is 0.397 e. The molecule has 1 atom stereocenters. The first-order valence-electron chi connectivity index (χ1n) is 4.25. The van der Waals surface area contributed by atoms with Crippen molar-refractivity contribution in [3.8, 4) is 0 Å². The fraction of sp³-hybridized carbons (Fsp3) is 0.300. The van der Waals surface area contributed by atoms with Crippen LogP contribution in [-0.2, 0) is 0 Å². The average Bonchev–Trinajstić information content (AvgIpc) is 2.11. The summed E-state index contributed by atoms with van der Waals surface area (Å²) in [4.78, 5) is 4.28. The van der Waals surface area contributed by atoms with Crippen molar-refractivity contribution in [1.29, 1.82) is 0 Å². The highest BCUT2D eigenvalue weighted by molar-refractivity contribution is 5.49. The Bertz CT molecular complexity index is 307. The van der Waals surface area contributed by atoms with Crippen molar-refractivity contribution >= 4 is 11.5 Å². The van der Waals surface area contributed by atoms with Gasteiger partial charge in [-0.3, -0.25) is 0 Å². The van der Waals surface area contributed by atoms with Crippen LogP contribution in [0.2, 0.25) is 0 Å². The molecule has 0 aliphatic rings. The highest BCUT2D eigenvalue weighted by Gasteiger charge is 1.99. The molecule has 3 nitrogen and oxygen atoms in total. The smallest absolute Gasteiger partial charge is 0.126 e. The second-order valence-corrected chi connectivity index (χ2v) is 3.04. The van der Waals surface area contributed by atoms with Crippen LogP contribution >= 0.6 is 0 Å². The minimum absolute atomic E-state index is 0.218. The number of hydrogen-bond acceptors (Lipinski definition) is 3. The summed E-state index contributed by atoms with van der Waals surface area (Å²) in [5, 5.41) is 3.17. The summed E-state index contributed by atoms with van der Waals surface area (Å²) in [6.07, 6.45) is 1.83. The number of hydrogen-bond donors (Lipinski definition) is 2. The molecule has 3 heteroatoms. The Morgan fingerprint density at radius 1 is 1.62 bits per heavy atom. The third kappa shape index (κ3) is 2.47. The lowest BCUT2D eigenvalue weighted by Gasteiger charge is -2.10. The quantitative estimate of drug-likeness (QED) is 0.694. The molecule has 0 aliphatic heterocycles. The number of rotatable bonds is 3. The van der Waals surface area contributed by atoms with Gasteiger partial charge in [0.25, 0.3) is 0 Å². The molecular formula is C10H15N3. The average molecular weight is 177 g/mol. The molecule has 0 amide bonds. The van der Waals surface area contributed by atoms with Gasteiger partial charge in [-0.2, -0.15) is 0 Å². The maximum absolute atomic E-state index is 5.64. The van der Waals surface area contributed by atoms with Crippen molar-refractivity contribution in [2.24, 2.45) is 0 Å². The standard InChI is InChI=1S/C10H15N3/c1-4-7(2)12-10-6-5-9(11)8(3)13-10/h4-7H,1,11H2,2-3H3,(H,12,13). The van der Waals surface area contributed by atoms with Gasteiger partial charge in [0.2, 0.25) is 0 Å². The summed E-state index contributed by atoms with van der Waals surface area (Å²) in [7, 11) is 0. The van der Waals surface area contributed by atoms with Gasteiger partial charge in [0.05, 0.1) is 11.4 Å². The van der Waals surface area contributed by atoms with E-state index in [2.05, 4.69) is 16.9 Å². The molecule has 0 bridgehead atoms. The molecule has 70 valence electrons. The minimum atomic E-state index is 0.218. The molecule has 0 aliphatic carbocycles. The molecule has 1 aromatic heterocycles. The van der Waals surface area contributed by atoms with Crippen molar-refractivity contribution in [2.45, 2.75) is 19.9 Å². The summed E-state index contributed by atoms with van der Waals surface area (Å²) in [6.45, 7) is 7.58. The van der Waals surface area contributed by atoms with E-state index in [9.17, 15) is 0 Å². The Balaban J connectivity index is 2.79. The van der Waals surface area contributed by atoms with E-state index in [4.69, 9.17) is 5.73 Å². The highest BCUT2D eigenvalue weighted by atomic mass is 15.0. The Kier molecular flexibility index (Phi) is 2.90. The molecule has 0 saturated heterocycles. The van der Waals surface area contributed by atoms with Gasteiger partial charge < -0.3 is 11.1 Å². The Hall–Kier alpha value is -1.51. The Morgan fingerprint density at radius 3 is 2.85 bits per heavy atom. The first-order chi connectivity index (χ1) is 6.13. The zero-order valence-corrected chi connectivity index (χ0v) is 8.04. The van der Waals surface area contributed by atoms with Crippen LogP contribution < -0.4 is 11.1 Å². The molecule has 1 aromatic rings. The molecule has 3 N–H and O–H groups in total. The van der Waals surface area contributed by atoms with Crippen LogP contribution in [-0.4, -0.2) is 11.0 Å². The molecule has 13 heavy (non-hydrogen) atoms. The van der Waals surface area contributed by atoms with Crippen molar-refractivity contribution < 1.29 is 0 Å². The first kappa shape index (κ1) is 9.58. The number of nitrogens with one attached hydrogen (secondary N) is 1. The van der Waals surface area contributed by atoms with E-state index in [0.717, 1.165) is 17.2 Å². The van der Waals surface area contributed by atoms with Gasteiger partial charge in [-0.25, -0.2) is 4.98 Å². The molecule has 0 saturated carbocycles. The molecule has 1 heterocycles. The topological polar surface area (TPSA) is 50.9 Å². The van der Waals surface area contributed by atoms with Gasteiger partial charge >= 0.3 is 0 Å². The highest BCUT2D eigenvalue weighted by Crippen LogP contribution is 2.12. The van der Waals surface area contributed by atoms with Gasteiger partial charge in [0.1, 0.15) is 5.82 Å². The number of aryl methyl sites for hydroxylation is 1. The fourth-order valence-corrected chi connectivity index (χ4v) is 0.944. The normalized spacial score (nSPS) is 12.2. The number of nitrogens with two attached hydrogens (primary N) is 1. The first-order valence-corrected chi connectivity index (χ1v) is 4.25. The molecular weight excluding hydrogens is 162 g/mol. The third-order valence-corrected chi connectivity index (χ3v) is 1.86. The molecule has 0 spiro atoms. The second-order valence-electron chi connectivity index (χ2n) is 3.04. The van der Waals surface area contributed by atoms with Crippen molar-refractivity contribution in [2.75, 3.05) is 11.1 Å². The lowest BCUT2D eigenvalue weighted by Crippen LogP contribution is -2.12. The van der Waals surface area contributed by atoms with Gasteiger partial charge in [-0.1, -0.05) is 6.08 Å². The van der Waals surface area contributed by atoms with Crippen LogP contribution in [0, 0.1) is 6.92 Å². The molecule has 0 fully saturated rings. The van der Waals surface area contributed by atoms with Gasteiger partial charge in [0.15, 0.2) is 0 Å². The number of aromatic nitrogens is 1. The second kappa shape index (κ2) is 3.94. The summed E-state index contributed by atoms with van der Waals surface area (Å²) in [5.74, 6) is 0.833. The molecule has 1 rings (SSSR count). The lowest BCUT2D eigenvalue weighted by molar-refractivity contribution is 0.979. The van der Waals surface area contributed by atoms with Crippen LogP contribution in [0.3, 0.4) is 0 Å². The van der Waals surface area contributed by atoms with Crippen molar-refractivity contribution in [3.63, 3.8) is 0 Å². The van der Waals surface area contributed by atoms with Crippen LogP contribution in [0.4, 0.5) is 11.5 Å². The van der Waals surface area contributed by atoms with E-state index >= 15 is 0 Å². The SMILES string of the molecule is C=CC(C)Nc1ccc(N)c(C)n1. The summed E-state index contributed by atoms with van der Waals surface area (Å²) in [5.41, 5.74) is 7.21. The predicted molar refractivity (Wildman–Crippen MR) is 56.7 cm³/mol. The Labute approximate surface area is 78.7 Å². The van der Waals surface area contributed by atoms with E-state index in [0.29, 0.717) is 0 Å². The molecule has 1 unspecified atom stereocenters. The number of nitrogen functional groups attached to an aromatic ring is 1. The molecule has 0 radical (unpaired) electrons. The zero-order valence-electron chi connectivity index (χ0n) is 8.04. The number of anilines is 2. The van der Waals surface area contributed by atoms with Crippen LogP contribution in [0.1, 0.15) is 12.6 Å². The number of nitrogens with zero attached hydrogens (tertiary/aromatic N) is 1. The van der Waals surface area contributed by atoms with Crippen molar-refractivity contribution in [1.82, 2.24) is 4.98 Å². The minimum Gasteiger partial charge on any atom is -0.397 e. The summed E-state index contributed by atoms with van der Waals surface area (Å²) < 4.78 is 0. The third-order valence-electron chi connectivity index (χ3n) is 1.86. The van der Waals surface area contributed by atoms with Crippen LogP contribution in [0.5, 0.6) is 0 Å². The lowest BCUT2D eigenvalue weighted by atomic mass is 10.3. The van der Waals surface area contributed by atoms with Gasteiger partial charge in [-0.05, 0) is 26.0 Å². The maximum atomic E-state index is 5.64. The monoisotopic (exact) mass is 177 g/mol. The Morgan fingerprint density at radius 2 is 2.31 bits per heavy atom. The molecule has 0 aromatic carbocycles. The van der Waals surface area contributed by atoms with Crippen molar-refractivity contribution in [3.05, 3.63) is 30.5 Å². The van der Waals surface area contributed by atoms with E-state index in [1.807, 2.05) is 32.1 Å². The summed E-state index contributed by atoms with van der Waals surface area (Å²) in [6, 6.07) is 3.93. The zero-order chi connectivity index (χ0) is 9.84. The van der Waals surface area contributed by atoms with E-state index < -0.39 is 0 Å². The fourth-order valence-electron chi connectivity index (χ4n) is 0.944. The number of pyridine rings is 1. The van der Waals surface area contributed by atoms with Gasteiger partial charge in [-0.15, -0.1) is 6.58 Å². The van der Waals surface area contributed by atoms with E-state index in [1.165, 1.54) is 0 Å². The summed E-state index contributed by atoms with van der Waals surface area (Å²) >= 11 is 0. The van der Waals surface area contributed by atoms with Gasteiger partial charge in [0, 0.05) is 6.04 Å². The van der Waals surface area contributed by atoms with E-state index in [-0.39, 0.29) is 6.04 Å². The van der Waals surface area contributed by atoms with Crippen LogP contribution in [0.25, 0.3) is 0 Å². The van der Waals surface area contributed by atoms with E-state index in [1.54, 1.807) is 0 Å².